The zero-order valence-corrected chi connectivity index (χ0v) is 13.8. The van der Waals surface area contributed by atoms with Crippen molar-refractivity contribution in [3.63, 3.8) is 0 Å². The van der Waals surface area contributed by atoms with Crippen LogP contribution in [0.1, 0.15) is 0 Å². The van der Waals surface area contributed by atoms with Gasteiger partial charge in [-0.25, -0.2) is 4.39 Å². The first-order chi connectivity index (χ1) is 11.6. The molecule has 0 aliphatic carbocycles. The second kappa shape index (κ2) is 7.27. The second-order valence-electron chi connectivity index (χ2n) is 5.08. The van der Waals surface area contributed by atoms with E-state index in [0.717, 1.165) is 5.69 Å². The average Bonchev–Trinajstić information content (AvgIpc) is 2.95. The van der Waals surface area contributed by atoms with Gasteiger partial charge in [-0.15, -0.1) is 10.2 Å². The maximum absolute atomic E-state index is 13.3. The molecule has 0 aliphatic heterocycles. The van der Waals surface area contributed by atoms with Crippen molar-refractivity contribution in [2.24, 2.45) is 7.05 Å². The molecule has 0 radical (unpaired) electrons. The summed E-state index contributed by atoms with van der Waals surface area (Å²) in [7, 11) is 1.79. The smallest absolute Gasteiger partial charge is 0.234 e. The number of anilines is 1. The topological polar surface area (TPSA) is 59.8 Å². The molecule has 2 aromatic carbocycles. The number of carbonyl (C=O) groups is 1. The summed E-state index contributed by atoms with van der Waals surface area (Å²) in [6.45, 7) is 0. The van der Waals surface area contributed by atoms with Crippen molar-refractivity contribution >= 4 is 23.4 Å². The predicted octanol–water partition coefficient (Wildman–Crippen LogP) is 3.35. The molecular weight excluding hydrogens is 327 g/mol. The van der Waals surface area contributed by atoms with Gasteiger partial charge in [-0.05, 0) is 24.3 Å². The third-order valence-electron chi connectivity index (χ3n) is 3.31. The Labute approximate surface area is 142 Å². The number of halogens is 1. The minimum absolute atomic E-state index is 0.124. The lowest BCUT2D eigenvalue weighted by Crippen LogP contribution is -2.14. The number of carbonyl (C=O) groups excluding carboxylic acids is 1. The van der Waals surface area contributed by atoms with Gasteiger partial charge in [0.2, 0.25) is 5.91 Å². The van der Waals surface area contributed by atoms with Crippen LogP contribution in [0.3, 0.4) is 0 Å². The van der Waals surface area contributed by atoms with Gasteiger partial charge in [-0.1, -0.05) is 42.1 Å². The molecule has 0 saturated heterocycles. The van der Waals surface area contributed by atoms with Gasteiger partial charge in [0.25, 0.3) is 0 Å². The Morgan fingerprint density at radius 2 is 1.96 bits per heavy atom. The fourth-order valence-corrected chi connectivity index (χ4v) is 2.88. The van der Waals surface area contributed by atoms with Crippen LogP contribution in [0.15, 0.2) is 59.8 Å². The van der Waals surface area contributed by atoms with Gasteiger partial charge in [-0.2, -0.15) is 0 Å². The first-order valence-corrected chi connectivity index (χ1v) is 8.25. The highest BCUT2D eigenvalue weighted by Gasteiger charge is 2.13. The first kappa shape index (κ1) is 16.2. The quantitative estimate of drug-likeness (QED) is 0.723. The minimum Gasteiger partial charge on any atom is -0.325 e. The Balaban J connectivity index is 1.65. The van der Waals surface area contributed by atoms with Crippen LogP contribution in [0.25, 0.3) is 11.4 Å². The summed E-state index contributed by atoms with van der Waals surface area (Å²) in [6, 6.07) is 15.4. The zero-order valence-electron chi connectivity index (χ0n) is 12.9. The molecule has 0 fully saturated rings. The van der Waals surface area contributed by atoms with Gasteiger partial charge in [0.1, 0.15) is 5.82 Å². The van der Waals surface area contributed by atoms with E-state index in [1.807, 2.05) is 30.3 Å². The molecule has 0 spiro atoms. The highest BCUT2D eigenvalue weighted by Crippen LogP contribution is 2.23. The van der Waals surface area contributed by atoms with E-state index in [2.05, 4.69) is 15.5 Å². The molecule has 122 valence electrons. The van der Waals surface area contributed by atoms with Crippen LogP contribution in [0.4, 0.5) is 10.1 Å². The van der Waals surface area contributed by atoms with Crippen molar-refractivity contribution in [3.05, 3.63) is 60.4 Å². The van der Waals surface area contributed by atoms with Crippen LogP contribution in [0.2, 0.25) is 0 Å². The van der Waals surface area contributed by atoms with Gasteiger partial charge < -0.3 is 9.88 Å². The maximum atomic E-state index is 13.3. The van der Waals surface area contributed by atoms with E-state index in [1.165, 1.54) is 23.9 Å². The molecule has 24 heavy (non-hydrogen) atoms. The molecule has 0 unspecified atom stereocenters. The van der Waals surface area contributed by atoms with Gasteiger partial charge >= 0.3 is 0 Å². The third-order valence-corrected chi connectivity index (χ3v) is 4.33. The Bertz CT molecular complexity index is 851. The summed E-state index contributed by atoms with van der Waals surface area (Å²) in [5.41, 5.74) is 1.40. The predicted molar refractivity (Wildman–Crippen MR) is 92.2 cm³/mol. The monoisotopic (exact) mass is 342 g/mol. The molecule has 5 nitrogen and oxygen atoms in total. The molecular formula is C17H15FN4OS. The summed E-state index contributed by atoms with van der Waals surface area (Å²) in [6.07, 6.45) is 0. The number of para-hydroxylation sites is 1. The van der Waals surface area contributed by atoms with E-state index in [1.54, 1.807) is 23.7 Å². The standard InChI is InChI=1S/C17H15FN4OS/c1-22-16(12-6-5-7-13(18)10-12)20-21-17(22)24-11-15(23)19-14-8-3-2-4-9-14/h2-10H,11H2,1H3,(H,19,23). The molecule has 3 aromatic rings. The van der Waals surface area contributed by atoms with E-state index in [-0.39, 0.29) is 17.5 Å². The molecule has 0 saturated carbocycles. The fourth-order valence-electron chi connectivity index (χ4n) is 2.17. The lowest BCUT2D eigenvalue weighted by Gasteiger charge is -2.05. The van der Waals surface area contributed by atoms with Crippen LogP contribution < -0.4 is 5.32 Å². The van der Waals surface area contributed by atoms with Gasteiger partial charge in [0.05, 0.1) is 5.75 Å². The average molecular weight is 342 g/mol. The molecule has 1 aromatic heterocycles. The van der Waals surface area contributed by atoms with Crippen molar-refractivity contribution in [1.82, 2.24) is 14.8 Å². The molecule has 1 heterocycles. The van der Waals surface area contributed by atoms with Crippen molar-refractivity contribution in [1.29, 1.82) is 0 Å². The van der Waals surface area contributed by atoms with Crippen LogP contribution in [0.5, 0.6) is 0 Å². The molecule has 3 rings (SSSR count). The lowest BCUT2D eigenvalue weighted by molar-refractivity contribution is -0.113. The number of amides is 1. The Hall–Kier alpha value is -2.67. The third kappa shape index (κ3) is 3.80. The number of hydrogen-bond acceptors (Lipinski definition) is 4. The number of thioether (sulfide) groups is 1. The molecule has 7 heteroatoms. The van der Waals surface area contributed by atoms with Gasteiger partial charge in [0.15, 0.2) is 11.0 Å². The van der Waals surface area contributed by atoms with Crippen molar-refractivity contribution in [3.8, 4) is 11.4 Å². The Morgan fingerprint density at radius 3 is 2.71 bits per heavy atom. The fraction of sp³-hybridized carbons (Fsp3) is 0.118. The molecule has 1 amide bonds. The number of nitrogens with one attached hydrogen (secondary N) is 1. The van der Waals surface area contributed by atoms with Crippen LogP contribution >= 0.6 is 11.8 Å². The normalized spacial score (nSPS) is 10.6. The van der Waals surface area contributed by atoms with E-state index < -0.39 is 0 Å². The van der Waals surface area contributed by atoms with E-state index >= 15 is 0 Å². The Morgan fingerprint density at radius 1 is 1.17 bits per heavy atom. The molecule has 0 bridgehead atoms. The molecule has 1 N–H and O–H groups in total. The second-order valence-corrected chi connectivity index (χ2v) is 6.02. The van der Waals surface area contributed by atoms with Gasteiger partial charge in [-0.3, -0.25) is 4.79 Å². The highest BCUT2D eigenvalue weighted by molar-refractivity contribution is 7.99. The molecule has 0 aliphatic rings. The SMILES string of the molecule is Cn1c(SCC(=O)Nc2ccccc2)nnc1-c1cccc(F)c1. The number of aromatic nitrogens is 3. The van der Waals surface area contributed by atoms with Gasteiger partial charge in [0, 0.05) is 18.3 Å². The van der Waals surface area contributed by atoms with E-state index in [4.69, 9.17) is 0 Å². The van der Waals surface area contributed by atoms with Crippen molar-refractivity contribution < 1.29 is 9.18 Å². The zero-order chi connectivity index (χ0) is 16.9. The Kier molecular flexibility index (Phi) is 4.90. The number of benzene rings is 2. The summed E-state index contributed by atoms with van der Waals surface area (Å²) < 4.78 is 15.1. The summed E-state index contributed by atoms with van der Waals surface area (Å²) in [5.74, 6) is 0.318. The van der Waals surface area contributed by atoms with E-state index in [0.29, 0.717) is 16.5 Å². The van der Waals surface area contributed by atoms with Crippen LogP contribution in [-0.2, 0) is 11.8 Å². The highest BCUT2D eigenvalue weighted by atomic mass is 32.2. The summed E-state index contributed by atoms with van der Waals surface area (Å²) in [4.78, 5) is 12.0. The largest absolute Gasteiger partial charge is 0.325 e. The van der Waals surface area contributed by atoms with Crippen molar-refractivity contribution in [2.75, 3.05) is 11.1 Å². The maximum Gasteiger partial charge on any atom is 0.234 e. The summed E-state index contributed by atoms with van der Waals surface area (Å²) in [5, 5.41) is 11.6. The number of hydrogen-bond donors (Lipinski definition) is 1. The number of rotatable bonds is 5. The van der Waals surface area contributed by atoms with Crippen LogP contribution in [0, 0.1) is 5.82 Å². The lowest BCUT2D eigenvalue weighted by atomic mass is 10.2. The number of nitrogens with zero attached hydrogens (tertiary/aromatic N) is 3. The first-order valence-electron chi connectivity index (χ1n) is 7.26. The summed E-state index contributed by atoms with van der Waals surface area (Å²) >= 11 is 1.28. The molecule has 0 atom stereocenters. The minimum atomic E-state index is -0.327. The van der Waals surface area contributed by atoms with Crippen LogP contribution in [-0.4, -0.2) is 26.4 Å². The van der Waals surface area contributed by atoms with E-state index in [9.17, 15) is 9.18 Å². The van der Waals surface area contributed by atoms with Crippen molar-refractivity contribution in [2.45, 2.75) is 5.16 Å².